The third kappa shape index (κ3) is 4.65. The van der Waals surface area contributed by atoms with Crippen molar-refractivity contribution >= 4 is 17.4 Å². The van der Waals surface area contributed by atoms with Crippen molar-refractivity contribution in [1.82, 2.24) is 25.1 Å². The van der Waals surface area contributed by atoms with Gasteiger partial charge in [0.25, 0.3) is 0 Å². The Kier molecular flexibility index (Phi) is 6.11. The number of amides is 1. The van der Waals surface area contributed by atoms with Crippen LogP contribution in [0.25, 0.3) is 0 Å². The van der Waals surface area contributed by atoms with Crippen molar-refractivity contribution < 1.29 is 9.53 Å². The Hall–Kier alpha value is -3.26. The van der Waals surface area contributed by atoms with E-state index in [1.807, 2.05) is 35.2 Å². The first-order valence-electron chi connectivity index (χ1n) is 11.3. The summed E-state index contributed by atoms with van der Waals surface area (Å²) in [5, 5.41) is 10.9. The van der Waals surface area contributed by atoms with Crippen molar-refractivity contribution in [3.63, 3.8) is 0 Å². The van der Waals surface area contributed by atoms with Crippen LogP contribution in [0.4, 0.5) is 11.5 Å². The maximum Gasteiger partial charge on any atom is 0.223 e. The number of morpholine rings is 1. The van der Waals surface area contributed by atoms with E-state index >= 15 is 0 Å². The summed E-state index contributed by atoms with van der Waals surface area (Å²) in [5.74, 6) is 0.921. The fourth-order valence-electron chi connectivity index (χ4n) is 4.45. The molecule has 8 heteroatoms. The summed E-state index contributed by atoms with van der Waals surface area (Å²) in [7, 11) is 0. The van der Waals surface area contributed by atoms with Crippen LogP contribution in [-0.4, -0.2) is 50.7 Å². The Morgan fingerprint density at radius 3 is 2.97 bits per heavy atom. The highest BCUT2D eigenvalue weighted by molar-refractivity contribution is 5.76. The number of aromatic nitrogens is 4. The van der Waals surface area contributed by atoms with Crippen molar-refractivity contribution in [2.75, 3.05) is 25.0 Å². The molecule has 3 aromatic rings. The van der Waals surface area contributed by atoms with Gasteiger partial charge in [0.15, 0.2) is 0 Å². The van der Waals surface area contributed by atoms with E-state index in [1.54, 1.807) is 12.4 Å². The number of hydrogen-bond donors (Lipinski definition) is 2. The Morgan fingerprint density at radius 2 is 2.12 bits per heavy atom. The molecule has 4 heterocycles. The summed E-state index contributed by atoms with van der Waals surface area (Å²) in [5.41, 5.74) is 5.36. The van der Waals surface area contributed by atoms with Crippen molar-refractivity contribution in [2.45, 2.75) is 44.6 Å². The standard InChI is InChI=1S/C24H28N6O2/c31-24(11-10-20-18-5-1-2-6-19(18)28-29-20)30-13-14-32-22(16-30)21-9-8-17(15-26-21)27-23-7-3-4-12-25-23/h3-4,7-9,12,15,22H,1-2,5-6,10-11,13-14,16H2,(H,25,27)(H,28,29)/t22-/m0/s1. The van der Waals surface area contributed by atoms with E-state index in [2.05, 4.69) is 25.5 Å². The number of aryl methyl sites for hydroxylation is 2. The first-order valence-corrected chi connectivity index (χ1v) is 11.3. The second-order valence-electron chi connectivity index (χ2n) is 8.35. The molecule has 2 N–H and O–H groups in total. The number of fused-ring (bicyclic) bond motifs is 1. The molecule has 1 saturated heterocycles. The normalized spacial score (nSPS) is 18.2. The maximum atomic E-state index is 12.9. The van der Waals surface area contributed by atoms with E-state index in [1.165, 1.54) is 24.1 Å². The van der Waals surface area contributed by atoms with E-state index in [0.717, 1.165) is 35.7 Å². The fraction of sp³-hybridized carbons (Fsp3) is 0.417. The lowest BCUT2D eigenvalue weighted by molar-refractivity contribution is -0.139. The smallest absolute Gasteiger partial charge is 0.223 e. The zero-order chi connectivity index (χ0) is 21.8. The minimum atomic E-state index is -0.213. The van der Waals surface area contributed by atoms with Gasteiger partial charge in [0, 0.05) is 31.3 Å². The molecule has 1 fully saturated rings. The number of aromatic amines is 1. The first kappa shape index (κ1) is 20.6. The highest BCUT2D eigenvalue weighted by Crippen LogP contribution is 2.25. The summed E-state index contributed by atoms with van der Waals surface area (Å²) in [4.78, 5) is 23.6. The van der Waals surface area contributed by atoms with Crippen LogP contribution in [0.2, 0.25) is 0 Å². The largest absolute Gasteiger partial charge is 0.368 e. The van der Waals surface area contributed by atoms with Gasteiger partial charge in [-0.25, -0.2) is 4.98 Å². The van der Waals surface area contributed by atoms with Crippen LogP contribution in [0, 0.1) is 0 Å². The van der Waals surface area contributed by atoms with Gasteiger partial charge in [-0.05, 0) is 55.5 Å². The summed E-state index contributed by atoms with van der Waals surface area (Å²) < 4.78 is 5.92. The second kappa shape index (κ2) is 9.48. The molecule has 1 amide bonds. The number of rotatable bonds is 6. The Labute approximate surface area is 187 Å². The third-order valence-corrected chi connectivity index (χ3v) is 6.19. The monoisotopic (exact) mass is 432 g/mol. The number of nitrogens with one attached hydrogen (secondary N) is 2. The summed E-state index contributed by atoms with van der Waals surface area (Å²) in [6.45, 7) is 1.66. The SMILES string of the molecule is O=C(CCc1n[nH]c2c1CCCC2)N1CCO[C@H](c2ccc(Nc3ccccn3)cn2)C1. The molecule has 8 nitrogen and oxygen atoms in total. The molecule has 0 bridgehead atoms. The van der Waals surface area contributed by atoms with E-state index < -0.39 is 0 Å². The van der Waals surface area contributed by atoms with Gasteiger partial charge in [-0.2, -0.15) is 5.10 Å². The Bertz CT molecular complexity index is 1050. The van der Waals surface area contributed by atoms with Crippen LogP contribution in [0.15, 0.2) is 42.7 Å². The summed E-state index contributed by atoms with van der Waals surface area (Å²) >= 11 is 0. The molecule has 1 atom stereocenters. The summed E-state index contributed by atoms with van der Waals surface area (Å²) in [6, 6.07) is 9.62. The average molecular weight is 433 g/mol. The molecule has 2 aliphatic rings. The first-order chi connectivity index (χ1) is 15.8. The van der Waals surface area contributed by atoms with Crippen molar-refractivity contribution in [2.24, 2.45) is 0 Å². The molecule has 1 aliphatic carbocycles. The molecular formula is C24H28N6O2. The Morgan fingerprint density at radius 1 is 1.19 bits per heavy atom. The van der Waals surface area contributed by atoms with Crippen LogP contribution in [0.5, 0.6) is 0 Å². The lowest BCUT2D eigenvalue weighted by atomic mass is 9.94. The van der Waals surface area contributed by atoms with Gasteiger partial charge in [0.05, 0.1) is 36.4 Å². The van der Waals surface area contributed by atoms with Gasteiger partial charge < -0.3 is 15.0 Å². The number of pyridine rings is 2. The van der Waals surface area contributed by atoms with E-state index in [9.17, 15) is 4.79 Å². The molecule has 0 spiro atoms. The fourth-order valence-corrected chi connectivity index (χ4v) is 4.45. The van der Waals surface area contributed by atoms with Gasteiger partial charge in [0.2, 0.25) is 5.91 Å². The van der Waals surface area contributed by atoms with Gasteiger partial charge in [-0.3, -0.25) is 14.9 Å². The maximum absolute atomic E-state index is 12.9. The third-order valence-electron chi connectivity index (χ3n) is 6.19. The number of ether oxygens (including phenoxy) is 1. The van der Waals surface area contributed by atoms with Gasteiger partial charge in [-0.1, -0.05) is 6.07 Å². The van der Waals surface area contributed by atoms with Crippen LogP contribution in [-0.2, 0) is 28.8 Å². The lowest BCUT2D eigenvalue weighted by Gasteiger charge is -2.32. The molecule has 32 heavy (non-hydrogen) atoms. The zero-order valence-corrected chi connectivity index (χ0v) is 18.1. The van der Waals surface area contributed by atoms with Crippen LogP contribution in [0.3, 0.4) is 0 Å². The van der Waals surface area contributed by atoms with E-state index in [4.69, 9.17) is 4.74 Å². The van der Waals surface area contributed by atoms with Crippen LogP contribution in [0.1, 0.15) is 48.0 Å². The number of nitrogens with zero attached hydrogens (tertiary/aromatic N) is 4. The molecule has 1 aliphatic heterocycles. The molecule has 166 valence electrons. The predicted octanol–water partition coefficient (Wildman–Crippen LogP) is 3.35. The summed E-state index contributed by atoms with van der Waals surface area (Å²) in [6.07, 6.45) is 9.05. The van der Waals surface area contributed by atoms with Crippen LogP contribution >= 0.6 is 0 Å². The van der Waals surface area contributed by atoms with E-state index in [-0.39, 0.29) is 12.0 Å². The number of hydrogen-bond acceptors (Lipinski definition) is 6. The van der Waals surface area contributed by atoms with Crippen molar-refractivity contribution in [3.8, 4) is 0 Å². The number of anilines is 2. The number of H-pyrrole nitrogens is 1. The zero-order valence-electron chi connectivity index (χ0n) is 18.1. The highest BCUT2D eigenvalue weighted by Gasteiger charge is 2.26. The van der Waals surface area contributed by atoms with Gasteiger partial charge in [0.1, 0.15) is 11.9 Å². The predicted molar refractivity (Wildman–Crippen MR) is 121 cm³/mol. The van der Waals surface area contributed by atoms with Gasteiger partial charge >= 0.3 is 0 Å². The molecule has 0 radical (unpaired) electrons. The average Bonchev–Trinajstić information content (AvgIpc) is 3.27. The molecular weight excluding hydrogens is 404 g/mol. The number of carbonyl (C=O) groups is 1. The quantitative estimate of drug-likeness (QED) is 0.620. The minimum Gasteiger partial charge on any atom is -0.368 e. The molecule has 0 aromatic carbocycles. The van der Waals surface area contributed by atoms with Crippen molar-refractivity contribution in [3.05, 3.63) is 65.4 Å². The molecule has 5 rings (SSSR count). The highest BCUT2D eigenvalue weighted by atomic mass is 16.5. The topological polar surface area (TPSA) is 96.0 Å². The second-order valence-corrected chi connectivity index (χ2v) is 8.35. The number of carbonyl (C=O) groups excluding carboxylic acids is 1. The Balaban J connectivity index is 1.17. The van der Waals surface area contributed by atoms with Gasteiger partial charge in [-0.15, -0.1) is 0 Å². The van der Waals surface area contributed by atoms with E-state index in [0.29, 0.717) is 32.5 Å². The minimum absolute atomic E-state index is 0.152. The molecule has 0 unspecified atom stereocenters. The molecule has 3 aromatic heterocycles. The molecule has 0 saturated carbocycles. The lowest BCUT2D eigenvalue weighted by Crippen LogP contribution is -2.42. The van der Waals surface area contributed by atoms with Crippen molar-refractivity contribution in [1.29, 1.82) is 0 Å². The van der Waals surface area contributed by atoms with Crippen LogP contribution < -0.4 is 5.32 Å².